The van der Waals surface area contributed by atoms with E-state index < -0.39 is 0 Å². The molecule has 0 atom stereocenters. The zero-order chi connectivity index (χ0) is 13.9. The maximum absolute atomic E-state index is 5.48. The molecule has 0 radical (unpaired) electrons. The van der Waals surface area contributed by atoms with Gasteiger partial charge in [0.25, 0.3) is 0 Å². The Hall–Kier alpha value is -2.61. The van der Waals surface area contributed by atoms with E-state index >= 15 is 0 Å². The van der Waals surface area contributed by atoms with Gasteiger partial charge < -0.3 is 16.4 Å². The number of nitrogens with zero attached hydrogens (tertiary/aromatic N) is 4. The number of aromatic nitrogens is 5. The Balaban J connectivity index is 1.96. The van der Waals surface area contributed by atoms with Gasteiger partial charge in [-0.1, -0.05) is 0 Å². The largest absolute Gasteiger partial charge is 0.352 e. The molecule has 0 saturated carbocycles. The molecule has 0 aliphatic rings. The van der Waals surface area contributed by atoms with E-state index in [1.807, 2.05) is 31.3 Å². The molecule has 0 aromatic carbocycles. The van der Waals surface area contributed by atoms with Crippen molar-refractivity contribution in [1.82, 2.24) is 24.8 Å². The Bertz CT molecular complexity index is 713. The zero-order valence-corrected chi connectivity index (χ0v) is 11.1. The Morgan fingerprint density at radius 3 is 3.10 bits per heavy atom. The molecule has 0 bridgehead atoms. The molecule has 3 rings (SSSR count). The first-order valence-electron chi connectivity index (χ1n) is 6.34. The van der Waals surface area contributed by atoms with E-state index in [1.54, 1.807) is 4.52 Å². The number of rotatable bonds is 5. The molecule has 3 aromatic rings. The number of fused-ring (bicyclic) bond motifs is 1. The summed E-state index contributed by atoms with van der Waals surface area (Å²) in [6.07, 6.45) is 1.87. The van der Waals surface area contributed by atoms with E-state index in [4.69, 9.17) is 5.73 Å². The van der Waals surface area contributed by atoms with Crippen LogP contribution < -0.4 is 16.4 Å². The fourth-order valence-corrected chi connectivity index (χ4v) is 1.89. The number of nitrogens with two attached hydrogens (primary N) is 1. The summed E-state index contributed by atoms with van der Waals surface area (Å²) in [5.74, 6) is 1.93. The topological polar surface area (TPSA) is 109 Å². The summed E-state index contributed by atoms with van der Waals surface area (Å²) < 4.78 is 1.76. The van der Waals surface area contributed by atoms with Gasteiger partial charge in [0.1, 0.15) is 5.52 Å². The first-order valence-corrected chi connectivity index (χ1v) is 6.34. The minimum Gasteiger partial charge on any atom is -0.352 e. The van der Waals surface area contributed by atoms with Crippen molar-refractivity contribution < 1.29 is 0 Å². The highest BCUT2D eigenvalue weighted by atomic mass is 15.3. The third-order valence-electron chi connectivity index (χ3n) is 2.77. The lowest BCUT2D eigenvalue weighted by Gasteiger charge is -2.08. The van der Waals surface area contributed by atoms with E-state index in [0.717, 1.165) is 11.2 Å². The normalized spacial score (nSPS) is 10.9. The second-order valence-electron chi connectivity index (χ2n) is 4.40. The number of aryl methyl sites for hydroxylation is 1. The quantitative estimate of drug-likeness (QED) is 0.549. The summed E-state index contributed by atoms with van der Waals surface area (Å²) in [6, 6.07) is 5.76. The zero-order valence-electron chi connectivity index (χ0n) is 11.1. The van der Waals surface area contributed by atoms with E-state index in [-0.39, 0.29) is 0 Å². The molecule has 0 amide bonds. The Kier molecular flexibility index (Phi) is 3.21. The number of hydrogen-bond donors (Lipinski definition) is 4. The lowest BCUT2D eigenvalue weighted by molar-refractivity contribution is 0.889. The number of hydrogen-bond acceptors (Lipinski definition) is 6. The minimum atomic E-state index is 0.522. The van der Waals surface area contributed by atoms with E-state index in [0.29, 0.717) is 30.7 Å². The smallest absolute Gasteiger partial charge is 0.243 e. The van der Waals surface area contributed by atoms with Gasteiger partial charge in [-0.25, -0.2) is 4.52 Å². The van der Waals surface area contributed by atoms with Gasteiger partial charge in [-0.05, 0) is 19.1 Å². The van der Waals surface area contributed by atoms with Gasteiger partial charge in [0.15, 0.2) is 11.6 Å². The van der Waals surface area contributed by atoms with Gasteiger partial charge in [-0.15, -0.1) is 5.10 Å². The van der Waals surface area contributed by atoms with Crippen LogP contribution in [0.25, 0.3) is 5.52 Å². The average Bonchev–Trinajstić information content (AvgIpc) is 3.05. The predicted molar refractivity (Wildman–Crippen MR) is 77.1 cm³/mol. The van der Waals surface area contributed by atoms with Crippen molar-refractivity contribution in [2.45, 2.75) is 6.92 Å². The van der Waals surface area contributed by atoms with Gasteiger partial charge in [-0.2, -0.15) is 10.1 Å². The van der Waals surface area contributed by atoms with E-state index in [1.165, 1.54) is 0 Å². The van der Waals surface area contributed by atoms with Crippen molar-refractivity contribution >= 4 is 23.1 Å². The second kappa shape index (κ2) is 5.17. The summed E-state index contributed by atoms with van der Waals surface area (Å²) in [4.78, 5) is 4.45. The van der Waals surface area contributed by atoms with Crippen LogP contribution in [0.15, 0.2) is 24.4 Å². The lowest BCUT2D eigenvalue weighted by Crippen LogP contribution is -2.16. The molecule has 8 nitrogen and oxygen atoms in total. The minimum absolute atomic E-state index is 0.522. The van der Waals surface area contributed by atoms with Crippen molar-refractivity contribution in [3.63, 3.8) is 0 Å². The molecule has 3 aromatic heterocycles. The fraction of sp³-hybridized carbons (Fsp3) is 0.250. The molecule has 0 saturated heterocycles. The molecule has 0 aliphatic heterocycles. The molecule has 104 valence electrons. The van der Waals surface area contributed by atoms with Gasteiger partial charge >= 0.3 is 0 Å². The summed E-state index contributed by atoms with van der Waals surface area (Å²) >= 11 is 0. The van der Waals surface area contributed by atoms with Crippen molar-refractivity contribution in [2.24, 2.45) is 5.73 Å². The van der Waals surface area contributed by atoms with Crippen LogP contribution in [0, 0.1) is 6.92 Å². The monoisotopic (exact) mass is 272 g/mol. The van der Waals surface area contributed by atoms with E-state index in [9.17, 15) is 0 Å². The maximum atomic E-state index is 5.48. The molecule has 0 fully saturated rings. The highest BCUT2D eigenvalue weighted by Gasteiger charge is 2.09. The van der Waals surface area contributed by atoms with Gasteiger partial charge in [0, 0.05) is 31.0 Å². The third-order valence-corrected chi connectivity index (χ3v) is 2.77. The van der Waals surface area contributed by atoms with E-state index in [2.05, 4.69) is 30.9 Å². The SMILES string of the molecule is Cc1cc(Nc2nc(NCCN)nn3cccc23)n[nH]1. The molecular formula is C12H16N8. The van der Waals surface area contributed by atoms with Gasteiger partial charge in [0.05, 0.1) is 0 Å². The van der Waals surface area contributed by atoms with Crippen molar-refractivity contribution in [3.8, 4) is 0 Å². The Morgan fingerprint density at radius 2 is 2.35 bits per heavy atom. The van der Waals surface area contributed by atoms with Crippen LogP contribution in [0.4, 0.5) is 17.6 Å². The van der Waals surface area contributed by atoms with Crippen LogP contribution in [0.3, 0.4) is 0 Å². The molecule has 0 aliphatic carbocycles. The summed E-state index contributed by atoms with van der Waals surface area (Å²) in [7, 11) is 0. The Labute approximate surface area is 115 Å². The average molecular weight is 272 g/mol. The summed E-state index contributed by atoms with van der Waals surface area (Å²) in [6.45, 7) is 3.08. The highest BCUT2D eigenvalue weighted by Crippen LogP contribution is 2.20. The number of nitrogens with one attached hydrogen (secondary N) is 3. The summed E-state index contributed by atoms with van der Waals surface area (Å²) in [5, 5.41) is 17.6. The van der Waals surface area contributed by atoms with Crippen molar-refractivity contribution in [3.05, 3.63) is 30.1 Å². The molecule has 20 heavy (non-hydrogen) atoms. The molecule has 3 heterocycles. The standard InChI is InChI=1S/C12H16N8/c1-8-7-10(18-17-8)15-11-9-3-2-6-20(9)19-12(16-11)14-5-4-13/h2-3,6-7H,4-5,13H2,1H3,(H3,14,15,16,17,18,19). The molecule has 5 N–H and O–H groups in total. The first-order chi connectivity index (χ1) is 9.76. The van der Waals surface area contributed by atoms with Crippen molar-refractivity contribution in [1.29, 1.82) is 0 Å². The number of H-pyrrole nitrogens is 1. The number of aromatic amines is 1. The lowest BCUT2D eigenvalue weighted by atomic mass is 10.4. The van der Waals surface area contributed by atoms with Crippen LogP contribution in [-0.2, 0) is 0 Å². The van der Waals surface area contributed by atoms with Gasteiger partial charge in [0.2, 0.25) is 5.95 Å². The fourth-order valence-electron chi connectivity index (χ4n) is 1.89. The summed E-state index contributed by atoms with van der Waals surface area (Å²) in [5.41, 5.74) is 7.34. The molecule has 0 spiro atoms. The van der Waals surface area contributed by atoms with Crippen LogP contribution in [0.5, 0.6) is 0 Å². The van der Waals surface area contributed by atoms with Crippen molar-refractivity contribution in [2.75, 3.05) is 23.7 Å². The van der Waals surface area contributed by atoms with Crippen LogP contribution >= 0.6 is 0 Å². The predicted octanol–water partition coefficient (Wildman–Crippen LogP) is 0.875. The second-order valence-corrected chi connectivity index (χ2v) is 4.40. The molecule has 0 unspecified atom stereocenters. The van der Waals surface area contributed by atoms with Gasteiger partial charge in [-0.3, -0.25) is 5.10 Å². The number of anilines is 3. The third kappa shape index (κ3) is 2.41. The molecule has 8 heteroatoms. The Morgan fingerprint density at radius 1 is 1.45 bits per heavy atom. The van der Waals surface area contributed by atoms with Crippen LogP contribution in [-0.4, -0.2) is 37.9 Å². The maximum Gasteiger partial charge on any atom is 0.243 e. The van der Waals surface area contributed by atoms with Crippen LogP contribution in [0.1, 0.15) is 5.69 Å². The molecular weight excluding hydrogens is 256 g/mol. The highest BCUT2D eigenvalue weighted by molar-refractivity contribution is 5.72. The van der Waals surface area contributed by atoms with Crippen LogP contribution in [0.2, 0.25) is 0 Å². The first kappa shape index (κ1) is 12.4.